The molecule has 9 aromatic carbocycles. The molecule has 4 aromatic heterocycles. The van der Waals surface area contributed by atoms with E-state index >= 15 is 0 Å². The SMILES string of the molecule is Cc1c2c3cc(C(C)(C)C)cc4c5c6c(c(C#N)cc5n(c2c(C)c2c5cc(C(C)(C)C)cc7c8c9c(c(C#N)cc8n(c12)c75)C1c2ccccc2C9c2ccccc21)c43)C1c2ccccc2C6c2ccccc21. The minimum Gasteiger partial charge on any atom is -0.308 e. The van der Waals surface area contributed by atoms with E-state index in [1.807, 2.05) is 0 Å². The van der Waals surface area contributed by atoms with Gasteiger partial charge in [0.25, 0.3) is 0 Å². The molecular formula is C70H50N4. The zero-order chi connectivity index (χ0) is 49.9. The second-order valence-electron chi connectivity index (χ2n) is 24.5. The first-order valence-electron chi connectivity index (χ1n) is 26.5. The van der Waals surface area contributed by atoms with Crippen LogP contribution in [0.4, 0.5) is 0 Å². The van der Waals surface area contributed by atoms with Crippen molar-refractivity contribution in [3.8, 4) is 12.1 Å². The van der Waals surface area contributed by atoms with E-state index in [-0.39, 0.29) is 34.5 Å². The Morgan fingerprint density at radius 1 is 0.365 bits per heavy atom. The van der Waals surface area contributed by atoms with Crippen LogP contribution in [0.25, 0.3) is 76.2 Å². The Bertz CT molecular complexity index is 4520. The molecule has 0 N–H and O–H groups in total. The average Bonchev–Trinajstić information content (AvgIpc) is 4.19. The van der Waals surface area contributed by atoms with Crippen LogP contribution in [0.15, 0.2) is 133 Å². The van der Waals surface area contributed by atoms with Gasteiger partial charge in [0, 0.05) is 66.8 Å². The first-order chi connectivity index (χ1) is 35.8. The molecule has 0 unspecified atom stereocenters. The van der Waals surface area contributed by atoms with Crippen LogP contribution in [-0.2, 0) is 10.8 Å². The van der Waals surface area contributed by atoms with Gasteiger partial charge in [0.15, 0.2) is 0 Å². The molecule has 19 rings (SSSR count). The number of fused-ring (bicyclic) bond motifs is 12. The summed E-state index contributed by atoms with van der Waals surface area (Å²) in [4.78, 5) is 0. The molecule has 6 aliphatic rings. The zero-order valence-corrected chi connectivity index (χ0v) is 42.8. The minimum atomic E-state index is -0.141. The molecule has 0 amide bonds. The molecule has 0 radical (unpaired) electrons. The van der Waals surface area contributed by atoms with Gasteiger partial charge < -0.3 is 8.80 Å². The largest absolute Gasteiger partial charge is 0.308 e. The molecule has 4 nitrogen and oxygen atoms in total. The zero-order valence-electron chi connectivity index (χ0n) is 42.8. The van der Waals surface area contributed by atoms with Crippen LogP contribution in [-0.4, -0.2) is 8.80 Å². The number of rotatable bonds is 0. The summed E-state index contributed by atoms with van der Waals surface area (Å²) in [5.74, 6) is -0.00723. The third-order valence-corrected chi connectivity index (χ3v) is 19.0. The maximum atomic E-state index is 11.4. The summed E-state index contributed by atoms with van der Waals surface area (Å²) in [6, 6.07) is 56.1. The Kier molecular flexibility index (Phi) is 7.22. The third-order valence-electron chi connectivity index (χ3n) is 19.0. The maximum absolute atomic E-state index is 11.4. The van der Waals surface area contributed by atoms with E-state index in [0.29, 0.717) is 0 Å². The molecule has 350 valence electrons. The monoisotopic (exact) mass is 946 g/mol. The molecule has 13 aromatic rings. The number of aromatic nitrogens is 2. The number of nitriles is 2. The molecule has 0 atom stereocenters. The molecule has 0 fully saturated rings. The molecule has 4 heteroatoms. The second kappa shape index (κ2) is 13.0. The second-order valence-corrected chi connectivity index (χ2v) is 24.5. The molecule has 6 aliphatic carbocycles. The van der Waals surface area contributed by atoms with Crippen molar-refractivity contribution < 1.29 is 0 Å². The average molecular weight is 947 g/mol. The Balaban J connectivity index is 1.07. The lowest BCUT2D eigenvalue weighted by Crippen LogP contribution is -2.28. The Morgan fingerprint density at radius 3 is 0.905 bits per heavy atom. The molecule has 74 heavy (non-hydrogen) atoms. The number of benzene rings is 9. The highest BCUT2D eigenvalue weighted by atomic mass is 14.9. The van der Waals surface area contributed by atoms with Crippen LogP contribution in [0.3, 0.4) is 0 Å². The number of aryl methyl sites for hydroxylation is 2. The van der Waals surface area contributed by atoms with Crippen molar-refractivity contribution >= 4 is 76.2 Å². The highest BCUT2D eigenvalue weighted by Gasteiger charge is 2.47. The van der Waals surface area contributed by atoms with Crippen molar-refractivity contribution in [2.24, 2.45) is 0 Å². The summed E-state index contributed by atoms with van der Waals surface area (Å²) in [6.45, 7) is 18.8. The van der Waals surface area contributed by atoms with Crippen molar-refractivity contribution in [3.05, 3.63) is 234 Å². The van der Waals surface area contributed by atoms with Crippen LogP contribution >= 0.6 is 0 Å². The normalized spacial score (nSPS) is 18.2. The van der Waals surface area contributed by atoms with Crippen molar-refractivity contribution in [2.75, 3.05) is 0 Å². The van der Waals surface area contributed by atoms with Crippen LogP contribution < -0.4 is 0 Å². The van der Waals surface area contributed by atoms with Crippen molar-refractivity contribution in [2.45, 2.75) is 89.9 Å². The molecule has 4 bridgehead atoms. The summed E-state index contributed by atoms with van der Waals surface area (Å²) in [5.41, 5.74) is 29.2. The topological polar surface area (TPSA) is 56.4 Å². The third kappa shape index (κ3) is 4.48. The highest BCUT2D eigenvalue weighted by Crippen LogP contribution is 2.62. The van der Waals surface area contributed by atoms with E-state index in [0.717, 1.165) is 22.2 Å². The van der Waals surface area contributed by atoms with Crippen LogP contribution in [0.2, 0.25) is 0 Å². The van der Waals surface area contributed by atoms with Gasteiger partial charge in [0.05, 0.1) is 56.4 Å². The predicted octanol–water partition coefficient (Wildman–Crippen LogP) is 16.9. The standard InChI is InChI=1S/C70H50N4/c1-33-53-47-27-37(69(3,4)5)29-49-62-52(26-36(32-72)56-58-41-19-11-15-23-45(41)60(64(56)62)46-24-16-12-20-42(46)58)74(67(47)49)66(53)34(2)54-48-28-38(70(6,7)8)30-50-61-51(73(65(33)54)68(48)50)25-35(31-71)55-57-39-17-9-13-21-43(39)59(63(55)61)44-22-14-10-18-40(44)57/h9-30,57-60H,1-8H3. The number of hydrogen-bond donors (Lipinski definition) is 0. The fourth-order valence-electron chi connectivity index (χ4n) is 16.1. The van der Waals surface area contributed by atoms with Gasteiger partial charge in [0.1, 0.15) is 0 Å². The lowest BCUT2D eigenvalue weighted by Gasteiger charge is -2.43. The van der Waals surface area contributed by atoms with Gasteiger partial charge in [0.2, 0.25) is 0 Å². The van der Waals surface area contributed by atoms with E-state index in [1.54, 1.807) is 0 Å². The Hall–Kier alpha value is -8.44. The van der Waals surface area contributed by atoms with Gasteiger partial charge in [-0.2, -0.15) is 10.5 Å². The van der Waals surface area contributed by atoms with Crippen molar-refractivity contribution in [3.63, 3.8) is 0 Å². The lowest BCUT2D eigenvalue weighted by atomic mass is 9.59. The van der Waals surface area contributed by atoms with Crippen molar-refractivity contribution in [1.82, 2.24) is 8.80 Å². The van der Waals surface area contributed by atoms with E-state index in [2.05, 4.69) is 210 Å². The van der Waals surface area contributed by atoms with Crippen LogP contribution in [0.1, 0.15) is 165 Å². The van der Waals surface area contributed by atoms with Gasteiger partial charge in [-0.25, -0.2) is 0 Å². The van der Waals surface area contributed by atoms with Gasteiger partial charge >= 0.3 is 0 Å². The summed E-state index contributed by atoms with van der Waals surface area (Å²) in [7, 11) is 0. The van der Waals surface area contributed by atoms with E-state index in [1.165, 1.54) is 154 Å². The first kappa shape index (κ1) is 41.1. The number of nitrogens with zero attached hydrogens (tertiary/aromatic N) is 4. The minimum absolute atomic E-state index is 0.00886. The highest BCUT2D eigenvalue weighted by molar-refractivity contribution is 6.32. The van der Waals surface area contributed by atoms with Crippen molar-refractivity contribution in [1.29, 1.82) is 10.5 Å². The molecule has 0 aliphatic heterocycles. The van der Waals surface area contributed by atoms with E-state index in [4.69, 9.17) is 0 Å². The van der Waals surface area contributed by atoms with Gasteiger partial charge in [-0.3, -0.25) is 0 Å². The molecular weight excluding hydrogens is 897 g/mol. The lowest BCUT2D eigenvalue weighted by molar-refractivity contribution is 0.591. The van der Waals surface area contributed by atoms with Crippen LogP contribution in [0.5, 0.6) is 0 Å². The summed E-state index contributed by atoms with van der Waals surface area (Å²) < 4.78 is 5.16. The Labute approximate surface area is 429 Å². The van der Waals surface area contributed by atoms with Gasteiger partial charge in [-0.05, 0) is 150 Å². The molecule has 0 saturated heterocycles. The van der Waals surface area contributed by atoms with E-state index < -0.39 is 0 Å². The van der Waals surface area contributed by atoms with E-state index in [9.17, 15) is 10.5 Å². The fourth-order valence-corrected chi connectivity index (χ4v) is 16.1. The predicted molar refractivity (Wildman–Crippen MR) is 302 cm³/mol. The maximum Gasteiger partial charge on any atom is 0.0995 e. The number of hydrogen-bond acceptors (Lipinski definition) is 2. The molecule has 4 heterocycles. The fraction of sp³-hybridized carbons (Fsp3) is 0.200. The van der Waals surface area contributed by atoms with Crippen LogP contribution in [0, 0.1) is 36.5 Å². The Morgan fingerprint density at radius 2 is 0.635 bits per heavy atom. The summed E-state index contributed by atoms with van der Waals surface area (Å²) >= 11 is 0. The molecule has 0 spiro atoms. The quantitative estimate of drug-likeness (QED) is 0.152. The first-order valence-corrected chi connectivity index (χ1v) is 26.5. The molecule has 0 saturated carbocycles. The smallest absolute Gasteiger partial charge is 0.0995 e. The van der Waals surface area contributed by atoms with Gasteiger partial charge in [-0.15, -0.1) is 0 Å². The summed E-state index contributed by atoms with van der Waals surface area (Å²) in [6.07, 6.45) is 0. The summed E-state index contributed by atoms with van der Waals surface area (Å²) in [5, 5.41) is 33.0. The van der Waals surface area contributed by atoms with Gasteiger partial charge in [-0.1, -0.05) is 139 Å².